The smallest absolute Gasteiger partial charge is 0.0995 e. The minimum Gasteiger partial charge on any atom is -0.394 e. The Labute approximate surface area is 146 Å². The second-order valence-electron chi connectivity index (χ2n) is 7.69. The summed E-state index contributed by atoms with van der Waals surface area (Å²) in [6.45, 7) is 13.7. The summed E-state index contributed by atoms with van der Waals surface area (Å²) in [5, 5.41) is 20.9. The Morgan fingerprint density at radius 1 is 1.21 bits per heavy atom. The fourth-order valence-corrected chi connectivity index (χ4v) is 3.30. The number of benzene rings is 1. The molecule has 2 rings (SSSR count). The van der Waals surface area contributed by atoms with Gasteiger partial charge in [-0.25, -0.2) is 0 Å². The maximum Gasteiger partial charge on any atom is 0.0995 e. The monoisotopic (exact) mass is 335 g/mol. The summed E-state index contributed by atoms with van der Waals surface area (Å²) < 4.78 is 0. The number of hydrogen-bond acceptors (Lipinski definition) is 4. The lowest BCUT2D eigenvalue weighted by Gasteiger charge is -2.53. The zero-order valence-corrected chi connectivity index (χ0v) is 15.7. The average molecular weight is 335 g/mol. The van der Waals surface area contributed by atoms with Crippen LogP contribution in [0.25, 0.3) is 6.08 Å². The number of nitrogens with zero attached hydrogens (tertiary/aromatic N) is 1. The van der Waals surface area contributed by atoms with Gasteiger partial charge in [0.1, 0.15) is 0 Å². The summed E-state index contributed by atoms with van der Waals surface area (Å²) in [5.41, 5.74) is 0.738. The third-order valence-corrected chi connectivity index (χ3v) is 4.15. The third-order valence-electron chi connectivity index (χ3n) is 4.15. The van der Waals surface area contributed by atoms with E-state index in [1.807, 2.05) is 48.4 Å². The van der Waals surface area contributed by atoms with E-state index in [2.05, 4.69) is 34.3 Å². The predicted octanol–water partition coefficient (Wildman–Crippen LogP) is 3.64. The predicted molar refractivity (Wildman–Crippen MR) is 99.4 cm³/mol. The minimum atomic E-state index is -0.283. The highest BCUT2D eigenvalue weighted by molar-refractivity contribution is 5.45. The van der Waals surface area contributed by atoms with E-state index in [9.17, 15) is 5.11 Å². The van der Waals surface area contributed by atoms with Gasteiger partial charge in [-0.2, -0.15) is 5.06 Å². The number of rotatable bonds is 4. The fourth-order valence-electron chi connectivity index (χ4n) is 3.30. The Balaban J connectivity index is 0.000000300. The number of aliphatic hydroxyl groups excluding tert-OH is 2. The van der Waals surface area contributed by atoms with Crippen LogP contribution in [0.5, 0.6) is 0 Å². The van der Waals surface area contributed by atoms with Crippen molar-refractivity contribution >= 4 is 6.08 Å². The molecule has 4 nitrogen and oxygen atoms in total. The van der Waals surface area contributed by atoms with E-state index in [0.29, 0.717) is 12.8 Å². The van der Waals surface area contributed by atoms with Crippen LogP contribution in [0.1, 0.15) is 53.0 Å². The molecule has 1 aromatic carbocycles. The fraction of sp³-hybridized carbons (Fsp3) is 0.600. The van der Waals surface area contributed by atoms with Gasteiger partial charge in [0, 0.05) is 11.1 Å². The van der Waals surface area contributed by atoms with Gasteiger partial charge in [0.15, 0.2) is 0 Å². The number of aliphatic hydroxyl groups is 2. The molecule has 0 amide bonds. The Morgan fingerprint density at radius 2 is 1.71 bits per heavy atom. The molecule has 1 saturated heterocycles. The maximum absolute atomic E-state index is 9.86. The van der Waals surface area contributed by atoms with Crippen LogP contribution in [0, 0.1) is 0 Å². The Morgan fingerprint density at radius 3 is 2.08 bits per heavy atom. The van der Waals surface area contributed by atoms with Crippen LogP contribution in [-0.4, -0.2) is 45.2 Å². The highest BCUT2D eigenvalue weighted by Crippen LogP contribution is 2.38. The van der Waals surface area contributed by atoms with Crippen LogP contribution in [0.15, 0.2) is 36.9 Å². The van der Waals surface area contributed by atoms with Crippen LogP contribution in [0.2, 0.25) is 0 Å². The molecule has 1 aliphatic rings. The lowest BCUT2D eigenvalue weighted by molar-refractivity contribution is -0.314. The molecule has 1 heterocycles. The topological polar surface area (TPSA) is 52.9 Å². The molecule has 0 spiro atoms. The molecule has 2 N–H and O–H groups in total. The lowest BCUT2D eigenvalue weighted by atomic mass is 9.80. The van der Waals surface area contributed by atoms with Gasteiger partial charge in [0.05, 0.1) is 18.8 Å². The molecule has 0 aromatic heterocycles. The third kappa shape index (κ3) is 6.02. The van der Waals surface area contributed by atoms with Crippen LogP contribution >= 0.6 is 0 Å². The summed E-state index contributed by atoms with van der Waals surface area (Å²) in [6.07, 6.45) is 2.71. The van der Waals surface area contributed by atoms with E-state index in [4.69, 9.17) is 9.94 Å². The van der Waals surface area contributed by atoms with Gasteiger partial charge in [0.25, 0.3) is 0 Å². The van der Waals surface area contributed by atoms with Gasteiger partial charge in [-0.15, -0.1) is 0 Å². The molecule has 1 unspecified atom stereocenters. The first-order valence-corrected chi connectivity index (χ1v) is 8.56. The highest BCUT2D eigenvalue weighted by Gasteiger charge is 2.46. The summed E-state index contributed by atoms with van der Waals surface area (Å²) in [5.74, 6) is 0. The second kappa shape index (κ2) is 8.77. The normalized spacial score (nSPS) is 21.5. The van der Waals surface area contributed by atoms with Crippen molar-refractivity contribution in [2.24, 2.45) is 0 Å². The molecule has 1 fully saturated rings. The quantitative estimate of drug-likeness (QED) is 0.882. The van der Waals surface area contributed by atoms with Crippen molar-refractivity contribution in [3.8, 4) is 0 Å². The van der Waals surface area contributed by atoms with Crippen molar-refractivity contribution in [1.29, 1.82) is 0 Å². The van der Waals surface area contributed by atoms with E-state index < -0.39 is 0 Å². The molecule has 1 atom stereocenters. The van der Waals surface area contributed by atoms with Crippen LogP contribution in [0.3, 0.4) is 0 Å². The summed E-state index contributed by atoms with van der Waals surface area (Å²) in [7, 11) is 0. The molecule has 1 aromatic rings. The van der Waals surface area contributed by atoms with E-state index in [-0.39, 0.29) is 29.9 Å². The SMILES string of the molecule is C=Cc1ccccc1.CC(CO)ON1C(C)(C)CC(O)CC1(C)C. The van der Waals surface area contributed by atoms with Crippen molar-refractivity contribution in [2.75, 3.05) is 6.61 Å². The summed E-state index contributed by atoms with van der Waals surface area (Å²) in [4.78, 5) is 5.79. The molecule has 0 saturated carbocycles. The van der Waals surface area contributed by atoms with Gasteiger partial charge in [-0.3, -0.25) is 4.84 Å². The molecular formula is C20H33NO3. The van der Waals surface area contributed by atoms with Crippen LogP contribution in [0.4, 0.5) is 0 Å². The summed E-state index contributed by atoms with van der Waals surface area (Å²) in [6, 6.07) is 10.0. The number of hydroxylamine groups is 2. The standard InChI is InChI=1S/C12H25NO3.C8H8/c1-9(8-14)16-13-11(2,3)6-10(15)7-12(13,4)5;1-2-8-6-4-3-5-7-8/h9-10,14-15H,6-8H2,1-5H3;2-7H,1H2. The largest absolute Gasteiger partial charge is 0.394 e. The van der Waals surface area contributed by atoms with E-state index in [0.717, 1.165) is 0 Å². The van der Waals surface area contributed by atoms with Crippen molar-refractivity contribution < 1.29 is 15.1 Å². The van der Waals surface area contributed by atoms with Crippen LogP contribution in [-0.2, 0) is 4.84 Å². The first kappa shape index (κ1) is 20.8. The molecule has 0 aliphatic carbocycles. The van der Waals surface area contributed by atoms with Crippen molar-refractivity contribution in [3.63, 3.8) is 0 Å². The van der Waals surface area contributed by atoms with Gasteiger partial charge in [-0.05, 0) is 53.0 Å². The average Bonchev–Trinajstić information content (AvgIpc) is 2.51. The number of hydrogen-bond donors (Lipinski definition) is 2. The zero-order valence-electron chi connectivity index (χ0n) is 15.7. The first-order chi connectivity index (χ1) is 11.1. The minimum absolute atomic E-state index is 0.00517. The van der Waals surface area contributed by atoms with Gasteiger partial charge < -0.3 is 10.2 Å². The van der Waals surface area contributed by atoms with E-state index >= 15 is 0 Å². The maximum atomic E-state index is 9.86. The molecule has 0 radical (unpaired) electrons. The van der Waals surface area contributed by atoms with E-state index in [1.54, 1.807) is 0 Å². The van der Waals surface area contributed by atoms with Gasteiger partial charge >= 0.3 is 0 Å². The molecule has 4 heteroatoms. The zero-order chi connectivity index (χ0) is 18.4. The molecule has 0 bridgehead atoms. The van der Waals surface area contributed by atoms with Gasteiger partial charge in [-0.1, -0.05) is 43.0 Å². The Hall–Kier alpha value is -1.20. The van der Waals surface area contributed by atoms with Crippen molar-refractivity contribution in [2.45, 2.75) is 70.7 Å². The Bertz CT molecular complexity index is 481. The first-order valence-electron chi connectivity index (χ1n) is 8.56. The Kier molecular flexibility index (Phi) is 7.61. The van der Waals surface area contributed by atoms with Crippen LogP contribution < -0.4 is 0 Å². The summed E-state index contributed by atoms with van der Waals surface area (Å²) >= 11 is 0. The molecular weight excluding hydrogens is 302 g/mol. The van der Waals surface area contributed by atoms with E-state index in [1.165, 1.54) is 5.56 Å². The lowest BCUT2D eigenvalue weighted by Crippen LogP contribution is -2.62. The van der Waals surface area contributed by atoms with Gasteiger partial charge in [0.2, 0.25) is 0 Å². The molecule has 136 valence electrons. The number of piperidine rings is 1. The molecule has 24 heavy (non-hydrogen) atoms. The van der Waals surface area contributed by atoms with Crippen molar-refractivity contribution in [3.05, 3.63) is 42.5 Å². The van der Waals surface area contributed by atoms with Crippen molar-refractivity contribution in [1.82, 2.24) is 5.06 Å². The highest BCUT2D eigenvalue weighted by atomic mass is 16.7. The second-order valence-corrected chi connectivity index (χ2v) is 7.69. The molecule has 1 aliphatic heterocycles.